The molecule has 1 atom stereocenters. The lowest BCUT2D eigenvalue weighted by Gasteiger charge is -2.22. The van der Waals surface area contributed by atoms with Gasteiger partial charge < -0.3 is 9.64 Å². The van der Waals surface area contributed by atoms with E-state index in [1.54, 1.807) is 6.07 Å². The SMILES string of the molecule is CCC(C(=O)OCC(=O)N(CCC#N)c1ccccc1F)c1ccccc1. The molecule has 1 amide bonds. The summed E-state index contributed by atoms with van der Waals surface area (Å²) in [7, 11) is 0. The molecule has 0 radical (unpaired) electrons. The van der Waals surface area contributed by atoms with Gasteiger partial charge in [-0.2, -0.15) is 5.26 Å². The summed E-state index contributed by atoms with van der Waals surface area (Å²) < 4.78 is 19.2. The van der Waals surface area contributed by atoms with Crippen molar-refractivity contribution in [1.82, 2.24) is 0 Å². The molecule has 5 nitrogen and oxygen atoms in total. The number of amides is 1. The average molecular weight is 368 g/mol. The van der Waals surface area contributed by atoms with E-state index < -0.39 is 30.2 Å². The van der Waals surface area contributed by atoms with E-state index in [1.165, 1.54) is 18.2 Å². The maximum Gasteiger partial charge on any atom is 0.313 e. The molecule has 0 saturated heterocycles. The van der Waals surface area contributed by atoms with Crippen LogP contribution >= 0.6 is 0 Å². The zero-order valence-electron chi connectivity index (χ0n) is 15.1. The molecule has 2 aromatic carbocycles. The quantitative estimate of drug-likeness (QED) is 0.665. The van der Waals surface area contributed by atoms with Crippen LogP contribution < -0.4 is 4.90 Å². The molecule has 6 heteroatoms. The number of nitrogens with zero attached hydrogens (tertiary/aromatic N) is 2. The fourth-order valence-corrected chi connectivity index (χ4v) is 2.75. The Morgan fingerprint density at radius 1 is 1.15 bits per heavy atom. The first-order valence-corrected chi connectivity index (χ1v) is 8.71. The highest BCUT2D eigenvalue weighted by Gasteiger charge is 2.24. The summed E-state index contributed by atoms with van der Waals surface area (Å²) in [5, 5.41) is 8.79. The van der Waals surface area contributed by atoms with Crippen LogP contribution in [-0.2, 0) is 14.3 Å². The number of hydrogen-bond acceptors (Lipinski definition) is 4. The molecule has 0 N–H and O–H groups in total. The van der Waals surface area contributed by atoms with Gasteiger partial charge in [0, 0.05) is 6.54 Å². The fraction of sp³-hybridized carbons (Fsp3) is 0.286. The molecule has 0 spiro atoms. The number of benzene rings is 2. The Labute approximate surface area is 158 Å². The molecular formula is C21H21FN2O3. The zero-order chi connectivity index (χ0) is 19.6. The summed E-state index contributed by atoms with van der Waals surface area (Å²) in [6.07, 6.45) is 0.568. The highest BCUT2D eigenvalue weighted by Crippen LogP contribution is 2.22. The lowest BCUT2D eigenvalue weighted by molar-refractivity contribution is -0.149. The molecule has 0 aliphatic carbocycles. The van der Waals surface area contributed by atoms with Crippen molar-refractivity contribution >= 4 is 17.6 Å². The van der Waals surface area contributed by atoms with Gasteiger partial charge >= 0.3 is 5.97 Å². The van der Waals surface area contributed by atoms with Crippen LogP contribution in [-0.4, -0.2) is 25.0 Å². The Morgan fingerprint density at radius 2 is 1.81 bits per heavy atom. The van der Waals surface area contributed by atoms with Crippen molar-refractivity contribution in [2.75, 3.05) is 18.1 Å². The van der Waals surface area contributed by atoms with Crippen molar-refractivity contribution in [2.45, 2.75) is 25.7 Å². The van der Waals surface area contributed by atoms with Gasteiger partial charge in [-0.15, -0.1) is 0 Å². The third-order valence-corrected chi connectivity index (χ3v) is 4.12. The van der Waals surface area contributed by atoms with Crippen molar-refractivity contribution in [3.05, 3.63) is 66.0 Å². The van der Waals surface area contributed by atoms with Crippen LogP contribution in [0.2, 0.25) is 0 Å². The van der Waals surface area contributed by atoms with Gasteiger partial charge in [-0.1, -0.05) is 49.4 Å². The second kappa shape index (κ2) is 10.1. The van der Waals surface area contributed by atoms with E-state index in [1.807, 2.05) is 43.3 Å². The van der Waals surface area contributed by atoms with E-state index in [0.717, 1.165) is 10.5 Å². The van der Waals surface area contributed by atoms with Crippen LogP contribution in [0.5, 0.6) is 0 Å². The predicted octanol–water partition coefficient (Wildman–Crippen LogP) is 3.81. The highest BCUT2D eigenvalue weighted by atomic mass is 19.1. The maximum atomic E-state index is 14.0. The largest absolute Gasteiger partial charge is 0.455 e. The van der Waals surface area contributed by atoms with Crippen molar-refractivity contribution in [1.29, 1.82) is 5.26 Å². The topological polar surface area (TPSA) is 70.4 Å². The molecule has 0 heterocycles. The Morgan fingerprint density at radius 3 is 2.44 bits per heavy atom. The number of esters is 1. The van der Waals surface area contributed by atoms with Crippen molar-refractivity contribution in [2.24, 2.45) is 0 Å². The standard InChI is InChI=1S/C21H21FN2O3/c1-2-17(16-9-4-3-5-10-16)21(26)27-15-20(25)24(14-8-13-23)19-12-7-6-11-18(19)22/h3-7,9-12,17H,2,8,14-15H2,1H3. The Hall–Kier alpha value is -3.20. The molecule has 0 bridgehead atoms. The number of anilines is 1. The summed E-state index contributed by atoms with van der Waals surface area (Å²) in [6, 6.07) is 16.9. The van der Waals surface area contributed by atoms with Crippen LogP contribution in [0, 0.1) is 17.1 Å². The molecule has 0 aromatic heterocycles. The fourth-order valence-electron chi connectivity index (χ4n) is 2.75. The first kappa shape index (κ1) is 20.1. The summed E-state index contributed by atoms with van der Waals surface area (Å²) in [5.41, 5.74) is 0.872. The minimum Gasteiger partial charge on any atom is -0.455 e. The first-order chi connectivity index (χ1) is 13.1. The smallest absolute Gasteiger partial charge is 0.313 e. The van der Waals surface area contributed by atoms with E-state index in [9.17, 15) is 14.0 Å². The van der Waals surface area contributed by atoms with Gasteiger partial charge in [0.05, 0.1) is 24.1 Å². The summed E-state index contributed by atoms with van der Waals surface area (Å²) >= 11 is 0. The number of ether oxygens (including phenoxy) is 1. The second-order valence-corrected chi connectivity index (χ2v) is 5.88. The third-order valence-electron chi connectivity index (χ3n) is 4.12. The van der Waals surface area contributed by atoms with Crippen LogP contribution in [0.3, 0.4) is 0 Å². The van der Waals surface area contributed by atoms with Gasteiger partial charge in [-0.05, 0) is 24.1 Å². The summed E-state index contributed by atoms with van der Waals surface area (Å²) in [4.78, 5) is 26.1. The third kappa shape index (κ3) is 5.38. The van der Waals surface area contributed by atoms with E-state index in [0.29, 0.717) is 6.42 Å². The van der Waals surface area contributed by atoms with Crippen LogP contribution in [0.4, 0.5) is 10.1 Å². The van der Waals surface area contributed by atoms with Gasteiger partial charge in [-0.25, -0.2) is 4.39 Å². The number of rotatable bonds is 8. The molecule has 0 aliphatic rings. The molecule has 27 heavy (non-hydrogen) atoms. The number of carbonyl (C=O) groups is 2. The maximum absolute atomic E-state index is 14.0. The molecule has 0 aliphatic heterocycles. The van der Waals surface area contributed by atoms with E-state index >= 15 is 0 Å². The lowest BCUT2D eigenvalue weighted by Crippen LogP contribution is -2.36. The molecule has 0 fully saturated rings. The summed E-state index contributed by atoms with van der Waals surface area (Å²) in [5.74, 6) is -2.14. The van der Waals surface area contributed by atoms with Gasteiger partial charge in [0.2, 0.25) is 0 Å². The molecule has 0 saturated carbocycles. The minimum absolute atomic E-state index is 0.0176. The van der Waals surface area contributed by atoms with Gasteiger partial charge in [0.15, 0.2) is 6.61 Å². The van der Waals surface area contributed by atoms with Crippen LogP contribution in [0.25, 0.3) is 0 Å². The van der Waals surface area contributed by atoms with Crippen molar-refractivity contribution in [3.63, 3.8) is 0 Å². The average Bonchev–Trinajstić information content (AvgIpc) is 2.69. The Balaban J connectivity index is 2.07. The molecular weight excluding hydrogens is 347 g/mol. The van der Waals surface area contributed by atoms with Crippen LogP contribution in [0.1, 0.15) is 31.2 Å². The first-order valence-electron chi connectivity index (χ1n) is 8.71. The highest BCUT2D eigenvalue weighted by molar-refractivity contribution is 5.95. The summed E-state index contributed by atoms with van der Waals surface area (Å²) in [6.45, 7) is 1.37. The van der Waals surface area contributed by atoms with Crippen LogP contribution in [0.15, 0.2) is 54.6 Å². The zero-order valence-corrected chi connectivity index (χ0v) is 15.1. The van der Waals surface area contributed by atoms with Crippen molar-refractivity contribution < 1.29 is 18.7 Å². The minimum atomic E-state index is -0.578. The second-order valence-electron chi connectivity index (χ2n) is 5.88. The Bertz CT molecular complexity index is 818. The molecule has 1 unspecified atom stereocenters. The number of hydrogen-bond donors (Lipinski definition) is 0. The molecule has 2 aromatic rings. The van der Waals surface area contributed by atoms with E-state index in [-0.39, 0.29) is 18.7 Å². The number of carbonyl (C=O) groups excluding carboxylic acids is 2. The monoisotopic (exact) mass is 368 g/mol. The number of halogens is 1. The van der Waals surface area contributed by atoms with Crippen molar-refractivity contribution in [3.8, 4) is 6.07 Å². The van der Waals surface area contributed by atoms with E-state index in [4.69, 9.17) is 10.00 Å². The number of para-hydroxylation sites is 1. The predicted molar refractivity (Wildman–Crippen MR) is 99.4 cm³/mol. The molecule has 140 valence electrons. The number of nitriles is 1. The normalized spacial score (nSPS) is 11.3. The van der Waals surface area contributed by atoms with Gasteiger partial charge in [0.25, 0.3) is 5.91 Å². The Kier molecular flexibility index (Phi) is 7.50. The van der Waals surface area contributed by atoms with Gasteiger partial charge in [-0.3, -0.25) is 9.59 Å². The lowest BCUT2D eigenvalue weighted by atomic mass is 9.97. The van der Waals surface area contributed by atoms with E-state index in [2.05, 4.69) is 0 Å². The van der Waals surface area contributed by atoms with Gasteiger partial charge in [0.1, 0.15) is 5.82 Å². The molecule has 2 rings (SSSR count).